The molecule has 0 saturated heterocycles. The molecule has 276 valence electrons. The minimum atomic E-state index is -0.662. The first-order valence-electron chi connectivity index (χ1n) is 16.4. The molecule has 0 fully saturated rings. The van der Waals surface area contributed by atoms with Crippen molar-refractivity contribution < 1.29 is 33.3 Å². The van der Waals surface area contributed by atoms with Gasteiger partial charge >= 0.3 is 5.97 Å². The second kappa shape index (κ2) is 20.6. The summed E-state index contributed by atoms with van der Waals surface area (Å²) in [5, 5.41) is 23.1. The summed E-state index contributed by atoms with van der Waals surface area (Å²) in [6, 6.07) is 15.8. The number of aromatic hydroxyl groups is 1. The van der Waals surface area contributed by atoms with Crippen LogP contribution in [0.25, 0.3) is 10.6 Å². The van der Waals surface area contributed by atoms with Gasteiger partial charge in [0, 0.05) is 52.4 Å². The van der Waals surface area contributed by atoms with E-state index < -0.39 is 17.1 Å². The molecule has 1 aliphatic heterocycles. The molecule has 0 bridgehead atoms. The number of ether oxygens (including phenoxy) is 3. The third-order valence-corrected chi connectivity index (χ3v) is 8.99. The van der Waals surface area contributed by atoms with Crippen molar-refractivity contribution in [3.05, 3.63) is 98.7 Å². The maximum atomic E-state index is 13.1. The largest absolute Gasteiger partial charge is 0.503 e. The van der Waals surface area contributed by atoms with E-state index in [0.29, 0.717) is 55.8 Å². The molecule has 1 amide bonds. The Morgan fingerprint density at radius 3 is 2.43 bits per heavy atom. The van der Waals surface area contributed by atoms with Crippen LogP contribution < -0.4 is 10.7 Å². The number of fused-ring (bicyclic) bond motifs is 1. The molecule has 4 aromatic rings. The van der Waals surface area contributed by atoms with Gasteiger partial charge in [0.2, 0.25) is 5.43 Å². The summed E-state index contributed by atoms with van der Waals surface area (Å²) in [6.45, 7) is 6.85. The normalized spacial score (nSPS) is 14.2. The molecule has 51 heavy (non-hydrogen) atoms. The topological polar surface area (TPSA) is 145 Å². The number of carbonyl (C=O) groups excluding carboxylic acids is 2. The van der Waals surface area contributed by atoms with Gasteiger partial charge in [-0.2, -0.15) is 0 Å². The minimum Gasteiger partial charge on any atom is -0.503 e. The highest BCUT2D eigenvalue weighted by Gasteiger charge is 2.35. The average molecular weight is 746 g/mol. The molecular formula is C36H45ClFN5O7S. The van der Waals surface area contributed by atoms with Gasteiger partial charge in [-0.15, -0.1) is 22.6 Å². The number of amides is 1. The van der Waals surface area contributed by atoms with E-state index in [1.54, 1.807) is 42.0 Å². The van der Waals surface area contributed by atoms with E-state index in [0.717, 1.165) is 24.1 Å². The van der Waals surface area contributed by atoms with Crippen LogP contribution in [0.2, 0.25) is 0 Å². The number of carbonyl (C=O) groups is 2. The highest BCUT2D eigenvalue weighted by atomic mass is 35.5. The van der Waals surface area contributed by atoms with Crippen LogP contribution in [0.15, 0.2) is 65.6 Å². The third-order valence-electron chi connectivity index (χ3n) is 8.03. The van der Waals surface area contributed by atoms with Gasteiger partial charge in [-0.1, -0.05) is 60.7 Å². The lowest BCUT2D eigenvalue weighted by Gasteiger charge is -2.36. The third kappa shape index (κ3) is 11.4. The molecule has 1 aliphatic rings. The first kappa shape index (κ1) is 41.2. The Bertz CT molecular complexity index is 1750. The fraction of sp³-hybridized carbons (Fsp3) is 0.417. The molecule has 2 aromatic heterocycles. The van der Waals surface area contributed by atoms with Crippen LogP contribution in [0.1, 0.15) is 53.3 Å². The Hall–Kier alpha value is -4.21. The van der Waals surface area contributed by atoms with Crippen LogP contribution in [0, 0.1) is 5.82 Å². The van der Waals surface area contributed by atoms with E-state index in [-0.39, 0.29) is 47.5 Å². The molecule has 2 N–H and O–H groups in total. The first-order valence-corrected chi connectivity index (χ1v) is 17.3. The van der Waals surface area contributed by atoms with Crippen LogP contribution in [0.5, 0.6) is 5.75 Å². The van der Waals surface area contributed by atoms with Crippen molar-refractivity contribution in [2.75, 3.05) is 40.5 Å². The summed E-state index contributed by atoms with van der Waals surface area (Å²) in [5.74, 6) is -1.48. The van der Waals surface area contributed by atoms with Gasteiger partial charge in [0.15, 0.2) is 16.5 Å². The van der Waals surface area contributed by atoms with Crippen LogP contribution in [-0.2, 0) is 38.6 Å². The average Bonchev–Trinajstić information content (AvgIpc) is 3.58. The molecule has 0 radical (unpaired) electrons. The minimum absolute atomic E-state index is 0. The molecule has 15 heteroatoms. The van der Waals surface area contributed by atoms with Crippen molar-refractivity contribution in [3.63, 3.8) is 0 Å². The summed E-state index contributed by atoms with van der Waals surface area (Å²) in [6.07, 6.45) is 3.13. The van der Waals surface area contributed by atoms with Gasteiger partial charge in [-0.25, -0.2) is 4.39 Å². The summed E-state index contributed by atoms with van der Waals surface area (Å²) in [4.78, 5) is 38.9. The molecule has 0 saturated carbocycles. The molecule has 5 rings (SSSR count). The van der Waals surface area contributed by atoms with Crippen molar-refractivity contribution in [2.24, 2.45) is 0 Å². The van der Waals surface area contributed by atoms with Crippen LogP contribution in [0.4, 0.5) is 4.39 Å². The van der Waals surface area contributed by atoms with Crippen LogP contribution >= 0.6 is 23.7 Å². The quantitative estimate of drug-likeness (QED) is 0.162. The number of aromatic nitrogens is 3. The predicted molar refractivity (Wildman–Crippen MR) is 195 cm³/mol. The summed E-state index contributed by atoms with van der Waals surface area (Å²) < 4.78 is 30.3. The zero-order chi connectivity index (χ0) is 36.0. The number of pyridine rings is 1. The molecular weight excluding hydrogens is 701 g/mol. The second-order valence-corrected chi connectivity index (χ2v) is 12.7. The molecule has 0 spiro atoms. The van der Waals surface area contributed by atoms with Gasteiger partial charge in [-0.3, -0.25) is 14.4 Å². The van der Waals surface area contributed by atoms with Crippen molar-refractivity contribution in [1.82, 2.24) is 25.0 Å². The number of hydrogen-bond donors (Lipinski definition) is 2. The lowest BCUT2D eigenvalue weighted by atomic mass is 10.1. The SMILES string of the molecule is CCN1C(=O)c2c(O)c(=O)c(-c3nnc(Cc4ccc(F)cc4)s3)cn2C[C@H]1COC.CCN[C@@H](CCC(=O)OCc1ccccc1)COC.Cl. The fourth-order valence-electron chi connectivity index (χ4n) is 5.58. The van der Waals surface area contributed by atoms with E-state index in [4.69, 9.17) is 14.2 Å². The van der Waals surface area contributed by atoms with Gasteiger partial charge in [0.05, 0.1) is 24.8 Å². The molecule has 2 atom stereocenters. The number of nitrogens with zero attached hydrogens (tertiary/aromatic N) is 4. The van der Waals surface area contributed by atoms with Gasteiger partial charge < -0.3 is 34.1 Å². The lowest BCUT2D eigenvalue weighted by molar-refractivity contribution is -0.145. The highest BCUT2D eigenvalue weighted by molar-refractivity contribution is 7.14. The Balaban J connectivity index is 0.000000304. The number of methoxy groups -OCH3 is 2. The van der Waals surface area contributed by atoms with Crippen molar-refractivity contribution in [1.29, 1.82) is 0 Å². The van der Waals surface area contributed by atoms with Gasteiger partial charge in [-0.05, 0) is 43.1 Å². The maximum absolute atomic E-state index is 13.1. The van der Waals surface area contributed by atoms with Crippen molar-refractivity contribution >= 4 is 35.6 Å². The molecule has 3 heterocycles. The number of hydrogen-bond acceptors (Lipinski definition) is 11. The van der Waals surface area contributed by atoms with E-state index >= 15 is 0 Å². The summed E-state index contributed by atoms with van der Waals surface area (Å²) in [5.41, 5.74) is 1.36. The number of benzene rings is 2. The number of esters is 1. The smallest absolute Gasteiger partial charge is 0.306 e. The van der Waals surface area contributed by atoms with Gasteiger partial charge in [0.25, 0.3) is 5.91 Å². The number of likely N-dealkylation sites (N-methyl/N-ethyl adjacent to an activating group) is 2. The summed E-state index contributed by atoms with van der Waals surface area (Å²) in [7, 11) is 3.23. The standard InChI is InChI=1S/C21H21FN4O4S.C15H23NO3.ClH/c1-3-26-14(11-30-2)9-25-10-15(18(27)19(28)17(25)21(26)29)20-24-23-16(31-20)8-12-4-6-13(22)7-5-12;1-3-16-14(12-18-2)9-10-15(17)19-11-13-7-5-4-6-8-13;/h4-7,10,14,28H,3,8-9,11H2,1-2H3;4-8,14,16H,3,9-12H2,1-2H3;1H/t2*14-;/m00./s1. The second-order valence-electron chi connectivity index (χ2n) is 11.6. The Morgan fingerprint density at radius 2 is 1.78 bits per heavy atom. The van der Waals surface area contributed by atoms with Crippen molar-refractivity contribution in [3.8, 4) is 16.3 Å². The van der Waals surface area contributed by atoms with E-state index in [2.05, 4.69) is 15.5 Å². The Morgan fingerprint density at radius 1 is 1.06 bits per heavy atom. The lowest BCUT2D eigenvalue weighted by Crippen LogP contribution is -2.50. The van der Waals surface area contributed by atoms with Gasteiger partial charge in [0.1, 0.15) is 17.4 Å². The monoisotopic (exact) mass is 745 g/mol. The van der Waals surface area contributed by atoms with E-state index in [9.17, 15) is 23.9 Å². The van der Waals surface area contributed by atoms with Crippen molar-refractivity contribution in [2.45, 2.75) is 58.3 Å². The Labute approximate surface area is 307 Å². The molecule has 0 aliphatic carbocycles. The molecule has 0 unspecified atom stereocenters. The summed E-state index contributed by atoms with van der Waals surface area (Å²) >= 11 is 1.22. The maximum Gasteiger partial charge on any atom is 0.306 e. The fourth-order valence-corrected chi connectivity index (χ4v) is 6.46. The first-order chi connectivity index (χ1) is 24.2. The number of rotatable bonds is 15. The zero-order valence-corrected chi connectivity index (χ0v) is 30.8. The molecule has 2 aromatic carbocycles. The van der Waals surface area contributed by atoms with E-state index in [1.165, 1.54) is 23.5 Å². The van der Waals surface area contributed by atoms with Crippen LogP contribution in [0.3, 0.4) is 0 Å². The predicted octanol–water partition coefficient (Wildman–Crippen LogP) is 4.85. The highest BCUT2D eigenvalue weighted by Crippen LogP contribution is 2.29. The molecule has 12 nitrogen and oxygen atoms in total. The number of halogens is 2. The number of nitrogens with one attached hydrogen (secondary N) is 1. The Kier molecular flexibility index (Phi) is 16.6. The van der Waals surface area contributed by atoms with Crippen LogP contribution in [-0.4, -0.2) is 89.3 Å². The zero-order valence-electron chi connectivity index (χ0n) is 29.2. The van der Waals surface area contributed by atoms with E-state index in [1.807, 2.05) is 44.2 Å².